The third-order valence-corrected chi connectivity index (χ3v) is 6.63. The molecule has 0 saturated heterocycles. The van der Waals surface area contributed by atoms with Gasteiger partial charge >= 0.3 is 23.6 Å². The summed E-state index contributed by atoms with van der Waals surface area (Å²) in [6, 6.07) is 22.4. The fraction of sp³-hybridized carbons (Fsp3) is 0.125. The molecule has 5 rings (SSSR count). The van der Waals surface area contributed by atoms with Crippen molar-refractivity contribution in [3.63, 3.8) is 0 Å². The van der Waals surface area contributed by atoms with Gasteiger partial charge < -0.3 is 9.47 Å². The number of hydrogen-bond donors (Lipinski definition) is 2. The topological polar surface area (TPSA) is 165 Å². The average molecular weight is 625 g/mol. The average Bonchev–Trinajstić information content (AvgIpc) is 3.56. The number of imidazole rings is 2. The van der Waals surface area contributed by atoms with Gasteiger partial charge in [0.1, 0.15) is 11.4 Å². The predicted octanol–water partition coefficient (Wildman–Crippen LogP) is 3.45. The van der Waals surface area contributed by atoms with Gasteiger partial charge in [-0.05, 0) is 44.2 Å². The van der Waals surface area contributed by atoms with Crippen molar-refractivity contribution < 1.29 is 28.7 Å². The molecule has 2 aromatic heterocycles. The minimum atomic E-state index is -0.893. The van der Waals surface area contributed by atoms with Crippen LogP contribution in [0, 0.1) is 0 Å². The number of rotatable bonds is 10. The monoisotopic (exact) mass is 624 g/mol. The van der Waals surface area contributed by atoms with Crippen LogP contribution in [0.15, 0.2) is 107 Å². The molecule has 0 aliphatic rings. The van der Waals surface area contributed by atoms with Crippen LogP contribution < -0.4 is 22.2 Å². The second-order valence-corrected chi connectivity index (χ2v) is 9.58. The minimum absolute atomic E-state index is 0.0431. The van der Waals surface area contributed by atoms with E-state index < -0.39 is 35.1 Å². The zero-order valence-corrected chi connectivity index (χ0v) is 24.7. The van der Waals surface area contributed by atoms with Crippen molar-refractivity contribution in [1.29, 1.82) is 0 Å². The van der Waals surface area contributed by atoms with Crippen LogP contribution in [0.3, 0.4) is 0 Å². The second kappa shape index (κ2) is 13.5. The van der Waals surface area contributed by atoms with Gasteiger partial charge in [0.15, 0.2) is 0 Å². The number of aromatic nitrogens is 4. The fourth-order valence-electron chi connectivity index (χ4n) is 4.65. The van der Waals surface area contributed by atoms with Gasteiger partial charge in [-0.1, -0.05) is 54.6 Å². The standard InChI is InChI=1S/C32H28N6O8/c1-3-45-29(41)33-35-19-25(37(31(35)43)23-14-7-5-8-15-23)27(39)21-12-11-13-22(18-21)28(40)26-20-36(34-30(42)46-4-2)32(44)38(26)24-16-9-6-10-17-24/h5-20H,3-4H2,1-2H3,(H,33,41)(H,34,42). The largest absolute Gasteiger partial charge is 0.449 e. The molecule has 0 saturated carbocycles. The zero-order chi connectivity index (χ0) is 32.8. The molecule has 2 N–H and O–H groups in total. The lowest BCUT2D eigenvalue weighted by molar-refractivity contribution is 0.103. The number of amides is 2. The van der Waals surface area contributed by atoms with Gasteiger partial charge in [0.05, 0.1) is 37.0 Å². The van der Waals surface area contributed by atoms with Gasteiger partial charge in [-0.2, -0.15) is 0 Å². The number of benzene rings is 3. The normalized spacial score (nSPS) is 10.7. The Kier molecular flexibility index (Phi) is 9.07. The van der Waals surface area contributed by atoms with E-state index >= 15 is 0 Å². The summed E-state index contributed by atoms with van der Waals surface area (Å²) in [4.78, 5) is 78.6. The predicted molar refractivity (Wildman–Crippen MR) is 166 cm³/mol. The van der Waals surface area contributed by atoms with E-state index in [0.717, 1.165) is 30.9 Å². The molecular weight excluding hydrogens is 596 g/mol. The van der Waals surface area contributed by atoms with Crippen LogP contribution in [-0.2, 0) is 9.47 Å². The molecule has 0 fully saturated rings. The van der Waals surface area contributed by atoms with E-state index in [1.807, 2.05) is 0 Å². The Labute approximate surface area is 261 Å². The summed E-state index contributed by atoms with van der Waals surface area (Å²) in [6.07, 6.45) is 0.541. The van der Waals surface area contributed by atoms with Crippen LogP contribution in [0.5, 0.6) is 0 Å². The van der Waals surface area contributed by atoms with Crippen molar-refractivity contribution in [2.24, 2.45) is 0 Å². The number of carbonyl (C=O) groups excluding carboxylic acids is 4. The summed E-state index contributed by atoms with van der Waals surface area (Å²) in [5.74, 6) is -1.27. The Bertz CT molecular complexity index is 1900. The molecule has 2 amide bonds. The Balaban J connectivity index is 1.57. The smallest absolute Gasteiger partial charge is 0.426 e. The number of ketones is 2. The van der Waals surface area contributed by atoms with E-state index in [2.05, 4.69) is 10.9 Å². The lowest BCUT2D eigenvalue weighted by Crippen LogP contribution is -2.34. The van der Waals surface area contributed by atoms with Crippen molar-refractivity contribution >= 4 is 23.8 Å². The van der Waals surface area contributed by atoms with Crippen LogP contribution in [0.25, 0.3) is 11.4 Å². The zero-order valence-electron chi connectivity index (χ0n) is 24.7. The Morgan fingerprint density at radius 1 is 0.587 bits per heavy atom. The highest BCUT2D eigenvalue weighted by atomic mass is 16.6. The van der Waals surface area contributed by atoms with Gasteiger partial charge in [0, 0.05) is 11.1 Å². The minimum Gasteiger partial charge on any atom is -0.449 e. The third-order valence-electron chi connectivity index (χ3n) is 6.63. The maximum atomic E-state index is 13.9. The molecule has 0 bridgehead atoms. The summed E-state index contributed by atoms with van der Waals surface area (Å²) in [6.45, 7) is 3.33. The summed E-state index contributed by atoms with van der Waals surface area (Å²) in [5, 5.41) is 0. The lowest BCUT2D eigenvalue weighted by Gasteiger charge is -2.09. The maximum Gasteiger partial charge on any atom is 0.426 e. The van der Waals surface area contributed by atoms with E-state index in [4.69, 9.17) is 9.47 Å². The van der Waals surface area contributed by atoms with E-state index in [9.17, 15) is 28.8 Å². The summed E-state index contributed by atoms with van der Waals surface area (Å²) < 4.78 is 13.7. The van der Waals surface area contributed by atoms with Gasteiger partial charge in [-0.3, -0.25) is 18.7 Å². The molecule has 14 heteroatoms. The SMILES string of the molecule is CCOC(=O)Nn1cc(C(=O)c2cccc(C(=O)c3cn(NC(=O)OCC)c(=O)n3-c3ccccc3)c2)n(-c2ccccc2)c1=O. The van der Waals surface area contributed by atoms with Crippen molar-refractivity contribution in [3.8, 4) is 11.4 Å². The molecule has 0 aliphatic heterocycles. The molecule has 0 unspecified atom stereocenters. The lowest BCUT2D eigenvalue weighted by atomic mass is 10.0. The van der Waals surface area contributed by atoms with Gasteiger partial charge in [0.25, 0.3) is 0 Å². The number of nitrogens with zero attached hydrogens (tertiary/aromatic N) is 4. The van der Waals surface area contributed by atoms with Crippen molar-refractivity contribution in [3.05, 3.63) is 141 Å². The Morgan fingerprint density at radius 2 is 0.978 bits per heavy atom. The first-order valence-electron chi connectivity index (χ1n) is 14.1. The molecule has 234 valence electrons. The molecule has 0 aliphatic carbocycles. The Hall–Kier alpha value is -6.44. The number of ether oxygens (including phenoxy) is 2. The van der Waals surface area contributed by atoms with Gasteiger partial charge in [-0.15, -0.1) is 0 Å². The number of carbonyl (C=O) groups is 4. The highest BCUT2D eigenvalue weighted by Gasteiger charge is 2.25. The quantitative estimate of drug-likeness (QED) is 0.223. The molecule has 5 aromatic rings. The van der Waals surface area contributed by atoms with E-state index in [0.29, 0.717) is 11.4 Å². The molecule has 0 radical (unpaired) electrons. The molecule has 0 atom stereocenters. The van der Waals surface area contributed by atoms with Crippen molar-refractivity contribution in [2.45, 2.75) is 13.8 Å². The van der Waals surface area contributed by atoms with Crippen LogP contribution >= 0.6 is 0 Å². The van der Waals surface area contributed by atoms with E-state index in [1.165, 1.54) is 24.3 Å². The van der Waals surface area contributed by atoms with Crippen molar-refractivity contribution in [1.82, 2.24) is 18.5 Å². The van der Waals surface area contributed by atoms with Crippen LogP contribution in [0.1, 0.15) is 46.0 Å². The van der Waals surface area contributed by atoms with Crippen LogP contribution in [0.4, 0.5) is 9.59 Å². The summed E-state index contributed by atoms with van der Waals surface area (Å²) in [5.41, 5.74) is 3.69. The second-order valence-electron chi connectivity index (χ2n) is 9.58. The van der Waals surface area contributed by atoms with Crippen molar-refractivity contribution in [2.75, 3.05) is 24.1 Å². The molecule has 14 nitrogen and oxygen atoms in total. The highest BCUT2D eigenvalue weighted by molar-refractivity contribution is 6.12. The van der Waals surface area contributed by atoms with E-state index in [1.54, 1.807) is 74.5 Å². The van der Waals surface area contributed by atoms with E-state index in [-0.39, 0.29) is 35.7 Å². The Morgan fingerprint density at radius 3 is 1.35 bits per heavy atom. The van der Waals surface area contributed by atoms with Crippen LogP contribution in [0.2, 0.25) is 0 Å². The molecule has 0 spiro atoms. The molecular formula is C32H28N6O8. The summed E-state index contributed by atoms with van der Waals surface area (Å²) >= 11 is 0. The maximum absolute atomic E-state index is 13.9. The molecule has 2 heterocycles. The number of para-hydroxylation sites is 2. The first-order chi connectivity index (χ1) is 22.2. The van der Waals surface area contributed by atoms with Gasteiger partial charge in [-0.25, -0.2) is 39.4 Å². The van der Waals surface area contributed by atoms with Gasteiger partial charge in [0.2, 0.25) is 11.6 Å². The third kappa shape index (κ3) is 6.26. The number of nitrogens with one attached hydrogen (secondary N) is 2. The number of hydrogen-bond acceptors (Lipinski definition) is 8. The molecule has 3 aromatic carbocycles. The highest BCUT2D eigenvalue weighted by Crippen LogP contribution is 2.19. The van der Waals surface area contributed by atoms with Crippen LogP contribution in [-0.4, -0.2) is 55.5 Å². The summed E-state index contributed by atoms with van der Waals surface area (Å²) in [7, 11) is 0. The first-order valence-corrected chi connectivity index (χ1v) is 14.1. The fourth-order valence-corrected chi connectivity index (χ4v) is 4.65. The molecule has 46 heavy (non-hydrogen) atoms. The first kappa shape index (κ1) is 31.0.